The van der Waals surface area contributed by atoms with E-state index in [4.69, 9.17) is 0 Å². The van der Waals surface area contributed by atoms with Gasteiger partial charge in [0.2, 0.25) is 11.8 Å². The van der Waals surface area contributed by atoms with Crippen molar-refractivity contribution < 1.29 is 9.59 Å². The number of piperidine rings is 1. The van der Waals surface area contributed by atoms with Gasteiger partial charge in [-0.25, -0.2) is 0 Å². The van der Waals surface area contributed by atoms with Gasteiger partial charge in [0.1, 0.15) is 12.2 Å². The van der Waals surface area contributed by atoms with E-state index in [0.717, 1.165) is 30.5 Å². The van der Waals surface area contributed by atoms with Crippen molar-refractivity contribution in [3.05, 3.63) is 36.4 Å². The van der Waals surface area contributed by atoms with Gasteiger partial charge >= 0.3 is 0 Å². The number of carbonyl (C=O) groups is 2. The molecule has 0 bridgehead atoms. The van der Waals surface area contributed by atoms with E-state index in [0.29, 0.717) is 13.0 Å². The quantitative estimate of drug-likeness (QED) is 0.643. The number of nitrogens with zero attached hydrogens (tertiary/aromatic N) is 4. The Morgan fingerprint density at radius 3 is 2.45 bits per heavy atom. The molecule has 2 heterocycles. The van der Waals surface area contributed by atoms with Crippen LogP contribution in [0.2, 0.25) is 0 Å². The number of carbonyl (C=O) groups excluding carboxylic acids is 2. The van der Waals surface area contributed by atoms with Crippen LogP contribution in [0.1, 0.15) is 58.3 Å². The van der Waals surface area contributed by atoms with Gasteiger partial charge in [0.05, 0.1) is 0 Å². The van der Waals surface area contributed by atoms with Gasteiger partial charge in [-0.05, 0) is 56.9 Å². The molecule has 8 nitrogen and oxygen atoms in total. The number of nitrogens with one attached hydrogen (secondary N) is 2. The third kappa shape index (κ3) is 6.80. The van der Waals surface area contributed by atoms with E-state index < -0.39 is 0 Å². The van der Waals surface area contributed by atoms with Crippen molar-refractivity contribution in [2.45, 2.75) is 58.9 Å². The first kappa shape index (κ1) is 22.8. The van der Waals surface area contributed by atoms with Gasteiger partial charge in [-0.1, -0.05) is 6.92 Å². The van der Waals surface area contributed by atoms with Gasteiger partial charge in [0, 0.05) is 56.3 Å². The maximum atomic E-state index is 12.2. The van der Waals surface area contributed by atoms with Crippen molar-refractivity contribution in [3.63, 3.8) is 0 Å². The normalized spacial score (nSPS) is 14.6. The monoisotopic (exact) mass is 426 g/mol. The number of benzene rings is 1. The molecule has 2 amide bonds. The van der Waals surface area contributed by atoms with E-state index in [1.807, 2.05) is 28.8 Å². The molecule has 0 spiro atoms. The highest BCUT2D eigenvalue weighted by Crippen LogP contribution is 2.24. The average molecular weight is 427 g/mol. The van der Waals surface area contributed by atoms with Gasteiger partial charge in [0.25, 0.3) is 0 Å². The van der Waals surface area contributed by atoms with E-state index in [9.17, 15) is 9.59 Å². The number of hydrogen-bond acceptors (Lipinski definition) is 5. The van der Waals surface area contributed by atoms with E-state index in [1.54, 1.807) is 6.33 Å². The molecule has 1 saturated heterocycles. The van der Waals surface area contributed by atoms with Crippen molar-refractivity contribution in [2.75, 3.05) is 29.9 Å². The molecular formula is C23H34N6O2. The Kier molecular flexibility index (Phi) is 8.03. The first-order valence-corrected chi connectivity index (χ1v) is 11.2. The summed E-state index contributed by atoms with van der Waals surface area (Å²) in [6, 6.07) is 8.23. The van der Waals surface area contributed by atoms with E-state index >= 15 is 0 Å². The number of amides is 2. The first-order chi connectivity index (χ1) is 14.9. The van der Waals surface area contributed by atoms with Crippen LogP contribution in [0.15, 0.2) is 30.6 Å². The fourth-order valence-corrected chi connectivity index (χ4v) is 3.75. The number of anilines is 2. The molecule has 0 unspecified atom stereocenters. The molecule has 3 rings (SSSR count). The fraction of sp³-hybridized carbons (Fsp3) is 0.565. The summed E-state index contributed by atoms with van der Waals surface area (Å²) in [5, 5.41) is 13.7. The molecule has 0 atom stereocenters. The van der Waals surface area contributed by atoms with Crippen molar-refractivity contribution >= 4 is 23.2 Å². The Morgan fingerprint density at radius 2 is 1.77 bits per heavy atom. The lowest BCUT2D eigenvalue weighted by molar-refractivity contribution is -0.124. The average Bonchev–Trinajstić information content (AvgIpc) is 3.22. The zero-order valence-electron chi connectivity index (χ0n) is 18.8. The maximum absolute atomic E-state index is 12.2. The standard InChI is InChI=1S/C23H34N6O2/c1-17(2)29-16-25-27-21(29)10-13-24-22(30)8-9-23(31)26-19-4-6-20(7-5-19)28-14-11-18(3)12-15-28/h4-7,16-18H,8-15H2,1-3H3,(H,24,30)(H,26,31). The third-order valence-electron chi connectivity index (χ3n) is 5.75. The summed E-state index contributed by atoms with van der Waals surface area (Å²) in [6.45, 7) is 9.06. The number of aromatic nitrogens is 3. The molecule has 0 radical (unpaired) electrons. The molecule has 2 N–H and O–H groups in total. The van der Waals surface area contributed by atoms with Crippen LogP contribution in [-0.4, -0.2) is 46.2 Å². The molecule has 168 valence electrons. The van der Waals surface area contributed by atoms with Gasteiger partial charge in [0.15, 0.2) is 0 Å². The molecule has 31 heavy (non-hydrogen) atoms. The molecule has 0 saturated carbocycles. The van der Waals surface area contributed by atoms with Crippen LogP contribution in [0.4, 0.5) is 11.4 Å². The van der Waals surface area contributed by atoms with Crippen LogP contribution in [0.3, 0.4) is 0 Å². The molecule has 1 aliphatic rings. The number of hydrogen-bond donors (Lipinski definition) is 2. The van der Waals surface area contributed by atoms with Crippen LogP contribution in [0.5, 0.6) is 0 Å². The molecule has 1 aliphatic heterocycles. The molecule has 1 aromatic heterocycles. The first-order valence-electron chi connectivity index (χ1n) is 11.2. The Hall–Kier alpha value is -2.90. The molecule has 2 aromatic rings. The Balaban J connectivity index is 1.35. The minimum Gasteiger partial charge on any atom is -0.372 e. The van der Waals surface area contributed by atoms with Gasteiger partial charge in [-0.3, -0.25) is 9.59 Å². The van der Waals surface area contributed by atoms with Gasteiger partial charge in [-0.2, -0.15) is 0 Å². The molecule has 8 heteroatoms. The Morgan fingerprint density at radius 1 is 1.10 bits per heavy atom. The lowest BCUT2D eigenvalue weighted by atomic mass is 9.99. The third-order valence-corrected chi connectivity index (χ3v) is 5.75. The van der Waals surface area contributed by atoms with Crippen LogP contribution in [0, 0.1) is 5.92 Å². The second-order valence-corrected chi connectivity index (χ2v) is 8.61. The highest BCUT2D eigenvalue weighted by atomic mass is 16.2. The zero-order valence-corrected chi connectivity index (χ0v) is 18.8. The maximum Gasteiger partial charge on any atom is 0.224 e. The second-order valence-electron chi connectivity index (χ2n) is 8.61. The van der Waals surface area contributed by atoms with Crippen molar-refractivity contribution in [1.82, 2.24) is 20.1 Å². The van der Waals surface area contributed by atoms with Crippen LogP contribution < -0.4 is 15.5 Å². The van der Waals surface area contributed by atoms with Crippen molar-refractivity contribution in [2.24, 2.45) is 5.92 Å². The van der Waals surface area contributed by atoms with Crippen LogP contribution in [-0.2, 0) is 16.0 Å². The van der Waals surface area contributed by atoms with Gasteiger partial charge < -0.3 is 20.1 Å². The highest BCUT2D eigenvalue weighted by molar-refractivity contribution is 5.93. The molecule has 0 aliphatic carbocycles. The summed E-state index contributed by atoms with van der Waals surface area (Å²) in [5.41, 5.74) is 1.95. The molecular weight excluding hydrogens is 392 g/mol. The van der Waals surface area contributed by atoms with Crippen LogP contribution in [0.25, 0.3) is 0 Å². The predicted molar refractivity (Wildman–Crippen MR) is 122 cm³/mol. The lowest BCUT2D eigenvalue weighted by Crippen LogP contribution is -2.32. The minimum absolute atomic E-state index is 0.138. The Labute approximate surface area is 184 Å². The topological polar surface area (TPSA) is 92.2 Å². The summed E-state index contributed by atoms with van der Waals surface area (Å²) in [7, 11) is 0. The SMILES string of the molecule is CC1CCN(c2ccc(NC(=O)CCC(=O)NCCc3nncn3C(C)C)cc2)CC1. The summed E-state index contributed by atoms with van der Waals surface area (Å²) in [5.74, 6) is 1.34. The molecule has 1 aromatic carbocycles. The summed E-state index contributed by atoms with van der Waals surface area (Å²) in [4.78, 5) is 26.6. The molecule has 1 fully saturated rings. The van der Waals surface area contributed by atoms with Gasteiger partial charge in [-0.15, -0.1) is 10.2 Å². The second kappa shape index (κ2) is 10.9. The Bertz CT molecular complexity index is 853. The van der Waals surface area contributed by atoms with E-state index in [-0.39, 0.29) is 30.7 Å². The highest BCUT2D eigenvalue weighted by Gasteiger charge is 2.16. The number of rotatable bonds is 9. The summed E-state index contributed by atoms with van der Waals surface area (Å²) in [6.07, 6.45) is 5.06. The van der Waals surface area contributed by atoms with E-state index in [2.05, 4.69) is 46.5 Å². The van der Waals surface area contributed by atoms with Crippen LogP contribution >= 0.6 is 0 Å². The lowest BCUT2D eigenvalue weighted by Gasteiger charge is -2.32. The van der Waals surface area contributed by atoms with Crippen molar-refractivity contribution in [3.8, 4) is 0 Å². The largest absolute Gasteiger partial charge is 0.372 e. The predicted octanol–water partition coefficient (Wildman–Crippen LogP) is 3.17. The van der Waals surface area contributed by atoms with E-state index in [1.165, 1.54) is 18.5 Å². The minimum atomic E-state index is -0.158. The zero-order chi connectivity index (χ0) is 22.2. The summed E-state index contributed by atoms with van der Waals surface area (Å²) >= 11 is 0. The fourth-order valence-electron chi connectivity index (χ4n) is 3.75. The summed E-state index contributed by atoms with van der Waals surface area (Å²) < 4.78 is 1.98. The van der Waals surface area contributed by atoms with Crippen molar-refractivity contribution in [1.29, 1.82) is 0 Å². The smallest absolute Gasteiger partial charge is 0.224 e.